The summed E-state index contributed by atoms with van der Waals surface area (Å²) in [7, 11) is 0. The molecule has 0 heterocycles. The Bertz CT molecular complexity index is 3740. The first-order chi connectivity index (χ1) is 34.5. The molecule has 1 aliphatic carbocycles. The van der Waals surface area contributed by atoms with Crippen molar-refractivity contribution in [2.75, 3.05) is 9.80 Å². The molecule has 2 nitrogen and oxygen atoms in total. The maximum atomic E-state index is 2.60. The molecule has 0 saturated heterocycles. The maximum Gasteiger partial charge on any atom is 0.0543 e. The molecular formula is C69H58N2. The molecule has 11 aromatic carbocycles. The molecule has 71 heavy (non-hydrogen) atoms. The van der Waals surface area contributed by atoms with Gasteiger partial charge in [0.1, 0.15) is 0 Å². The van der Waals surface area contributed by atoms with Gasteiger partial charge < -0.3 is 9.80 Å². The number of hydrogen-bond acceptors (Lipinski definition) is 2. The molecule has 344 valence electrons. The molecule has 12 rings (SSSR count). The van der Waals surface area contributed by atoms with E-state index >= 15 is 0 Å². The van der Waals surface area contributed by atoms with Crippen LogP contribution in [0.1, 0.15) is 52.7 Å². The molecule has 1 aliphatic rings. The Kier molecular flexibility index (Phi) is 10.6. The molecule has 0 amide bonds. The van der Waals surface area contributed by atoms with Crippen LogP contribution in [0, 0.1) is 10.8 Å². The number of hydrogen-bond donors (Lipinski definition) is 0. The molecule has 0 radical (unpaired) electrons. The largest absolute Gasteiger partial charge is 0.310 e. The van der Waals surface area contributed by atoms with E-state index < -0.39 is 5.41 Å². The Morgan fingerprint density at radius 1 is 0.282 bits per heavy atom. The molecule has 0 aromatic heterocycles. The summed E-state index contributed by atoms with van der Waals surface area (Å²) in [5.41, 5.74) is 16.2. The lowest BCUT2D eigenvalue weighted by Crippen LogP contribution is -2.50. The fourth-order valence-electron chi connectivity index (χ4n) is 12.8. The molecule has 0 saturated carbocycles. The zero-order valence-electron chi connectivity index (χ0n) is 41.5. The van der Waals surface area contributed by atoms with Crippen molar-refractivity contribution in [2.24, 2.45) is 10.8 Å². The topological polar surface area (TPSA) is 6.48 Å². The molecule has 0 fully saturated rings. The van der Waals surface area contributed by atoms with E-state index in [1.165, 1.54) is 82.5 Å². The number of nitrogens with zero attached hydrogens (tertiary/aromatic N) is 2. The molecule has 0 atom stereocenters. The van der Waals surface area contributed by atoms with Gasteiger partial charge in [0.2, 0.25) is 0 Å². The van der Waals surface area contributed by atoms with Crippen molar-refractivity contribution in [2.45, 2.75) is 47.0 Å². The Morgan fingerprint density at radius 3 is 1.30 bits per heavy atom. The molecule has 11 aromatic rings. The van der Waals surface area contributed by atoms with Crippen molar-refractivity contribution in [3.05, 3.63) is 254 Å². The summed E-state index contributed by atoms with van der Waals surface area (Å²) in [6, 6.07) is 89.5. The Balaban J connectivity index is 1.15. The number of para-hydroxylation sites is 2. The third kappa shape index (κ3) is 7.07. The quantitative estimate of drug-likeness (QED) is 0.140. The van der Waals surface area contributed by atoms with E-state index in [1.54, 1.807) is 0 Å². The molecule has 0 bridgehead atoms. The summed E-state index contributed by atoms with van der Waals surface area (Å²) in [4.78, 5) is 4.91. The summed E-state index contributed by atoms with van der Waals surface area (Å²) in [6.07, 6.45) is 0. The van der Waals surface area contributed by atoms with Crippen molar-refractivity contribution >= 4 is 66.4 Å². The van der Waals surface area contributed by atoms with Crippen LogP contribution in [0.3, 0.4) is 0 Å². The van der Waals surface area contributed by atoms with E-state index in [0.29, 0.717) is 0 Å². The van der Waals surface area contributed by atoms with Crippen molar-refractivity contribution in [1.82, 2.24) is 0 Å². The second-order valence-electron chi connectivity index (χ2n) is 21.3. The van der Waals surface area contributed by atoms with Crippen LogP contribution in [0.25, 0.3) is 65.7 Å². The SMILES string of the molecule is CC(C)(C)C1(C(C)(C)C)c2cc(N(c3ccccc3)c3ccc(-c4ccccc4)cc3)c3ccccc3c2-c2c1c1ccc(N(c3ccccc3)c3cccc(-c4ccccc4)c3)cc1c1ccccc21. The van der Waals surface area contributed by atoms with Gasteiger partial charge in [0, 0.05) is 39.2 Å². The smallest absolute Gasteiger partial charge is 0.0543 e. The van der Waals surface area contributed by atoms with Crippen molar-refractivity contribution in [3.8, 4) is 33.4 Å². The highest BCUT2D eigenvalue weighted by Crippen LogP contribution is 2.69. The van der Waals surface area contributed by atoms with Crippen molar-refractivity contribution < 1.29 is 0 Å². The standard InChI is InChI=1S/C69H58N2/c1-67(2,3)69(68(4,5)6)62-46-63(71(52-31-17-10-18-32-52)53-40-38-49(39-41-53)47-24-11-7-12-25-47)57-35-20-22-37-59(57)64(62)65-58-36-21-19-34-56(58)61-45-55(42-43-60(61)66(65)69)70(51-29-15-9-16-30-51)54-33-23-28-50(44-54)48-26-13-8-14-27-48/h7-46H,1-6H3. The summed E-state index contributed by atoms with van der Waals surface area (Å²) >= 11 is 0. The van der Waals surface area contributed by atoms with Gasteiger partial charge in [-0.1, -0.05) is 217 Å². The van der Waals surface area contributed by atoms with E-state index in [2.05, 4.69) is 294 Å². The average molecular weight is 915 g/mol. The number of anilines is 6. The fourth-order valence-corrected chi connectivity index (χ4v) is 12.8. The second kappa shape index (κ2) is 17.0. The summed E-state index contributed by atoms with van der Waals surface area (Å²) < 4.78 is 0. The molecule has 0 spiro atoms. The molecular weight excluding hydrogens is 857 g/mol. The number of benzene rings is 11. The minimum atomic E-state index is -0.449. The summed E-state index contributed by atoms with van der Waals surface area (Å²) in [6.45, 7) is 14.9. The van der Waals surface area contributed by atoms with E-state index in [0.717, 1.165) is 28.4 Å². The second-order valence-corrected chi connectivity index (χ2v) is 21.3. The number of fused-ring (bicyclic) bond motifs is 10. The lowest BCUT2D eigenvalue weighted by Gasteiger charge is -2.53. The van der Waals surface area contributed by atoms with Crippen LogP contribution in [0.4, 0.5) is 34.1 Å². The highest BCUT2D eigenvalue weighted by atomic mass is 15.1. The van der Waals surface area contributed by atoms with Gasteiger partial charge in [-0.2, -0.15) is 0 Å². The lowest BCUT2D eigenvalue weighted by molar-refractivity contribution is 0.0965. The summed E-state index contributed by atoms with van der Waals surface area (Å²) in [5.74, 6) is 0. The predicted molar refractivity (Wildman–Crippen MR) is 304 cm³/mol. The normalized spacial score (nSPS) is 13.0. The maximum absolute atomic E-state index is 2.60. The fraction of sp³-hybridized carbons (Fsp3) is 0.130. The predicted octanol–water partition coefficient (Wildman–Crippen LogP) is 19.8. The number of rotatable bonds is 8. The van der Waals surface area contributed by atoms with E-state index in [1.807, 2.05) is 0 Å². The van der Waals surface area contributed by atoms with Gasteiger partial charge in [-0.25, -0.2) is 0 Å². The molecule has 0 aliphatic heterocycles. The highest BCUT2D eigenvalue weighted by Gasteiger charge is 2.59. The van der Waals surface area contributed by atoms with E-state index in [9.17, 15) is 0 Å². The van der Waals surface area contributed by atoms with Crippen LogP contribution in [0.2, 0.25) is 0 Å². The average Bonchev–Trinajstić information content (AvgIpc) is 3.75. The Hall–Kier alpha value is -8.20. The zero-order chi connectivity index (χ0) is 48.5. The molecule has 0 unspecified atom stereocenters. The first-order valence-corrected chi connectivity index (χ1v) is 25.1. The lowest BCUT2D eigenvalue weighted by atomic mass is 9.49. The zero-order valence-corrected chi connectivity index (χ0v) is 41.5. The van der Waals surface area contributed by atoms with E-state index in [-0.39, 0.29) is 10.8 Å². The minimum Gasteiger partial charge on any atom is -0.310 e. The van der Waals surface area contributed by atoms with Crippen LogP contribution in [0.5, 0.6) is 0 Å². The van der Waals surface area contributed by atoms with Gasteiger partial charge in [0.25, 0.3) is 0 Å². The Morgan fingerprint density at radius 2 is 0.704 bits per heavy atom. The highest BCUT2D eigenvalue weighted by molar-refractivity contribution is 6.23. The van der Waals surface area contributed by atoms with Crippen LogP contribution in [-0.2, 0) is 5.41 Å². The van der Waals surface area contributed by atoms with Gasteiger partial charge in [-0.15, -0.1) is 0 Å². The Labute approximate surface area is 419 Å². The summed E-state index contributed by atoms with van der Waals surface area (Å²) in [5, 5.41) is 7.61. The van der Waals surface area contributed by atoms with Crippen LogP contribution >= 0.6 is 0 Å². The molecule has 0 N–H and O–H groups in total. The third-order valence-electron chi connectivity index (χ3n) is 15.3. The van der Waals surface area contributed by atoms with Crippen molar-refractivity contribution in [1.29, 1.82) is 0 Å². The van der Waals surface area contributed by atoms with Gasteiger partial charge in [-0.3, -0.25) is 0 Å². The minimum absolute atomic E-state index is 0.234. The van der Waals surface area contributed by atoms with Gasteiger partial charge >= 0.3 is 0 Å². The van der Waals surface area contributed by atoms with Gasteiger partial charge in [-0.05, 0) is 149 Å². The third-order valence-corrected chi connectivity index (χ3v) is 15.3. The van der Waals surface area contributed by atoms with Gasteiger partial charge in [0.15, 0.2) is 0 Å². The molecule has 2 heteroatoms. The van der Waals surface area contributed by atoms with Crippen LogP contribution in [0.15, 0.2) is 243 Å². The van der Waals surface area contributed by atoms with E-state index in [4.69, 9.17) is 0 Å². The monoisotopic (exact) mass is 914 g/mol. The van der Waals surface area contributed by atoms with Crippen LogP contribution in [-0.4, -0.2) is 0 Å². The van der Waals surface area contributed by atoms with Crippen molar-refractivity contribution in [3.63, 3.8) is 0 Å². The van der Waals surface area contributed by atoms with Crippen LogP contribution < -0.4 is 9.80 Å². The first-order valence-electron chi connectivity index (χ1n) is 25.1. The first kappa shape index (κ1) is 44.0. The van der Waals surface area contributed by atoms with Gasteiger partial charge in [0.05, 0.1) is 5.69 Å².